The smallest absolute Gasteiger partial charge is 0.250 e. The molecule has 5 rings (SSSR count). The zero-order valence-corrected chi connectivity index (χ0v) is 20.6. The second-order valence-electron chi connectivity index (χ2n) is 9.61. The van der Waals surface area contributed by atoms with Crippen molar-refractivity contribution >= 4 is 22.7 Å². The Hall–Kier alpha value is -3.87. The van der Waals surface area contributed by atoms with E-state index in [1.165, 1.54) is 6.42 Å². The molecule has 3 heterocycles. The van der Waals surface area contributed by atoms with Crippen LogP contribution in [-0.2, 0) is 22.6 Å². The molecule has 7 heteroatoms. The number of para-hydroxylation sites is 1. The van der Waals surface area contributed by atoms with Gasteiger partial charge >= 0.3 is 0 Å². The van der Waals surface area contributed by atoms with Crippen LogP contribution in [0.4, 0.5) is 0 Å². The maximum absolute atomic E-state index is 13.9. The Bertz CT molecular complexity index is 1320. The van der Waals surface area contributed by atoms with Gasteiger partial charge in [0.15, 0.2) is 6.04 Å². The number of furan rings is 1. The summed E-state index contributed by atoms with van der Waals surface area (Å²) < 4.78 is 5.95. The molecule has 1 unspecified atom stereocenters. The van der Waals surface area contributed by atoms with Gasteiger partial charge < -0.3 is 19.6 Å². The van der Waals surface area contributed by atoms with Crippen molar-refractivity contribution in [1.82, 2.24) is 20.2 Å². The lowest BCUT2D eigenvalue weighted by Crippen LogP contribution is -2.47. The van der Waals surface area contributed by atoms with E-state index in [0.29, 0.717) is 11.5 Å². The van der Waals surface area contributed by atoms with Crippen molar-refractivity contribution in [3.8, 4) is 0 Å². The Balaban J connectivity index is 1.49. The summed E-state index contributed by atoms with van der Waals surface area (Å²) in [5.41, 5.74) is 2.73. The molecule has 7 nitrogen and oxygen atoms in total. The average molecular weight is 485 g/mol. The predicted octanol–water partition coefficient (Wildman–Crippen LogP) is 5.23. The number of benzene rings is 1. The molecule has 2 amide bonds. The molecule has 1 aliphatic rings. The number of nitrogens with zero attached hydrogens (tertiary/aromatic N) is 2. The second-order valence-corrected chi connectivity index (χ2v) is 9.61. The van der Waals surface area contributed by atoms with E-state index in [4.69, 9.17) is 4.42 Å². The van der Waals surface area contributed by atoms with E-state index in [9.17, 15) is 9.59 Å². The molecule has 0 radical (unpaired) electrons. The first-order chi connectivity index (χ1) is 17.6. The Morgan fingerprint density at radius 2 is 1.94 bits per heavy atom. The summed E-state index contributed by atoms with van der Waals surface area (Å²) in [4.78, 5) is 36.8. The molecule has 0 saturated heterocycles. The van der Waals surface area contributed by atoms with Gasteiger partial charge in [0.2, 0.25) is 5.91 Å². The number of H-pyrrole nitrogens is 1. The van der Waals surface area contributed by atoms with Gasteiger partial charge in [-0.1, -0.05) is 43.5 Å². The zero-order valence-electron chi connectivity index (χ0n) is 20.6. The monoisotopic (exact) mass is 484 g/mol. The highest BCUT2D eigenvalue weighted by molar-refractivity contribution is 5.92. The fourth-order valence-electron chi connectivity index (χ4n) is 5.11. The quantitative estimate of drug-likeness (QED) is 0.358. The van der Waals surface area contributed by atoms with Crippen LogP contribution in [0.1, 0.15) is 60.8 Å². The molecule has 2 N–H and O–H groups in total. The van der Waals surface area contributed by atoms with E-state index < -0.39 is 6.04 Å². The van der Waals surface area contributed by atoms with Crippen LogP contribution in [0.2, 0.25) is 0 Å². The van der Waals surface area contributed by atoms with Crippen molar-refractivity contribution in [3.63, 3.8) is 0 Å². The lowest BCUT2D eigenvalue weighted by atomic mass is 9.95. The van der Waals surface area contributed by atoms with Gasteiger partial charge in [0.1, 0.15) is 11.5 Å². The summed E-state index contributed by atoms with van der Waals surface area (Å²) in [7, 11) is 0. The van der Waals surface area contributed by atoms with Crippen molar-refractivity contribution in [2.75, 3.05) is 0 Å². The van der Waals surface area contributed by atoms with Gasteiger partial charge in [-0.15, -0.1) is 0 Å². The third kappa shape index (κ3) is 5.35. The van der Waals surface area contributed by atoms with Gasteiger partial charge in [0, 0.05) is 42.1 Å². The molecule has 1 aliphatic carbocycles. The maximum Gasteiger partial charge on any atom is 0.250 e. The molecular formula is C29H32N4O3. The number of rotatable bonds is 8. The number of hydrogen-bond acceptors (Lipinski definition) is 4. The normalized spacial score (nSPS) is 15.0. The van der Waals surface area contributed by atoms with Crippen molar-refractivity contribution in [1.29, 1.82) is 0 Å². The number of aromatic nitrogens is 2. The number of fused-ring (bicyclic) bond motifs is 1. The van der Waals surface area contributed by atoms with Gasteiger partial charge in [-0.3, -0.25) is 14.6 Å². The Morgan fingerprint density at radius 3 is 2.69 bits per heavy atom. The van der Waals surface area contributed by atoms with E-state index in [2.05, 4.69) is 15.3 Å². The van der Waals surface area contributed by atoms with E-state index in [0.717, 1.165) is 47.7 Å². The minimum absolute atomic E-state index is 0.119. The van der Waals surface area contributed by atoms with Crippen LogP contribution in [0.3, 0.4) is 0 Å². The van der Waals surface area contributed by atoms with Gasteiger partial charge in [0.05, 0.1) is 6.42 Å². The first kappa shape index (κ1) is 23.9. The summed E-state index contributed by atoms with van der Waals surface area (Å²) in [6.07, 6.45) is 10.8. The molecule has 1 aromatic carbocycles. The van der Waals surface area contributed by atoms with E-state index >= 15 is 0 Å². The molecule has 186 valence electrons. The van der Waals surface area contributed by atoms with Crippen LogP contribution in [0.25, 0.3) is 10.9 Å². The second kappa shape index (κ2) is 10.8. The predicted molar refractivity (Wildman–Crippen MR) is 138 cm³/mol. The number of nitrogens with one attached hydrogen (secondary N) is 2. The number of aromatic amines is 1. The van der Waals surface area contributed by atoms with Crippen LogP contribution >= 0.6 is 0 Å². The Kier molecular flexibility index (Phi) is 7.16. The third-order valence-corrected chi connectivity index (χ3v) is 6.95. The number of carbonyl (C=O) groups excluding carboxylic acids is 2. The van der Waals surface area contributed by atoms with Crippen LogP contribution in [0, 0.1) is 6.92 Å². The Labute approximate surface area is 210 Å². The average Bonchev–Trinajstić information content (AvgIpc) is 3.51. The maximum atomic E-state index is 13.9. The molecule has 4 aromatic rings. The SMILES string of the molecule is Cc1ccc(C(C(=O)NC2CCCCC2)N(Cc2cccnc2)C(=O)Cc2c[nH]c3ccccc23)o1. The summed E-state index contributed by atoms with van der Waals surface area (Å²) in [5, 5.41) is 4.23. The largest absolute Gasteiger partial charge is 0.464 e. The molecule has 36 heavy (non-hydrogen) atoms. The van der Waals surface area contributed by atoms with E-state index in [1.54, 1.807) is 23.4 Å². The van der Waals surface area contributed by atoms with Crippen LogP contribution in [0.5, 0.6) is 0 Å². The minimum Gasteiger partial charge on any atom is -0.464 e. The molecule has 0 spiro atoms. The number of carbonyl (C=O) groups is 2. The molecule has 0 bridgehead atoms. The van der Waals surface area contributed by atoms with Gasteiger partial charge in [-0.05, 0) is 55.2 Å². The standard InChI is InChI=1S/C29H32N4O3/c1-20-13-14-26(36-20)28(29(35)32-23-9-3-2-4-10-23)33(19-21-8-7-15-30-17-21)27(34)16-22-18-31-25-12-6-5-11-24(22)25/h5-8,11-15,17-18,23,28,31H,2-4,9-10,16,19H2,1H3,(H,32,35). The number of amides is 2. The van der Waals surface area contributed by atoms with E-state index in [-0.39, 0.29) is 30.8 Å². The summed E-state index contributed by atoms with van der Waals surface area (Å²) in [6.45, 7) is 2.09. The van der Waals surface area contributed by atoms with E-state index in [1.807, 2.05) is 55.6 Å². The minimum atomic E-state index is -0.876. The molecule has 3 aromatic heterocycles. The number of hydrogen-bond donors (Lipinski definition) is 2. The van der Waals surface area contributed by atoms with Crippen LogP contribution in [-0.4, -0.2) is 32.7 Å². The summed E-state index contributed by atoms with van der Waals surface area (Å²) >= 11 is 0. The first-order valence-electron chi connectivity index (χ1n) is 12.7. The van der Waals surface area contributed by atoms with Crippen molar-refractivity contribution in [2.24, 2.45) is 0 Å². The molecule has 1 atom stereocenters. The highest BCUT2D eigenvalue weighted by Gasteiger charge is 2.35. The summed E-state index contributed by atoms with van der Waals surface area (Å²) in [5.74, 6) is 0.816. The fourth-order valence-corrected chi connectivity index (χ4v) is 5.11. The van der Waals surface area contributed by atoms with Gasteiger partial charge in [-0.25, -0.2) is 0 Å². The molecular weight excluding hydrogens is 452 g/mol. The van der Waals surface area contributed by atoms with Crippen LogP contribution < -0.4 is 5.32 Å². The number of pyridine rings is 1. The number of aryl methyl sites for hydroxylation is 1. The van der Waals surface area contributed by atoms with Crippen LogP contribution in [0.15, 0.2) is 71.5 Å². The lowest BCUT2D eigenvalue weighted by Gasteiger charge is -2.32. The Morgan fingerprint density at radius 1 is 1.11 bits per heavy atom. The first-order valence-corrected chi connectivity index (χ1v) is 12.7. The third-order valence-electron chi connectivity index (χ3n) is 6.95. The summed E-state index contributed by atoms with van der Waals surface area (Å²) in [6, 6.07) is 14.6. The molecule has 1 fully saturated rings. The highest BCUT2D eigenvalue weighted by Crippen LogP contribution is 2.29. The van der Waals surface area contributed by atoms with Gasteiger partial charge in [-0.2, -0.15) is 0 Å². The fraction of sp³-hybridized carbons (Fsp3) is 0.345. The zero-order chi connectivity index (χ0) is 24.9. The van der Waals surface area contributed by atoms with Crippen molar-refractivity contribution < 1.29 is 14.0 Å². The highest BCUT2D eigenvalue weighted by atomic mass is 16.3. The lowest BCUT2D eigenvalue weighted by molar-refractivity contribution is -0.142. The topological polar surface area (TPSA) is 91.2 Å². The van der Waals surface area contributed by atoms with Crippen molar-refractivity contribution in [3.05, 3.63) is 89.8 Å². The molecule has 1 saturated carbocycles. The van der Waals surface area contributed by atoms with Gasteiger partial charge in [0.25, 0.3) is 5.91 Å². The van der Waals surface area contributed by atoms with Crippen molar-refractivity contribution in [2.45, 2.75) is 64.1 Å². The molecule has 0 aliphatic heterocycles.